The molecule has 1 unspecified atom stereocenters. The third kappa shape index (κ3) is 2.71. The van der Waals surface area contributed by atoms with Crippen molar-refractivity contribution in [1.29, 1.82) is 0 Å². The molecule has 1 aliphatic heterocycles. The fraction of sp³-hybridized carbons (Fsp3) is 0.500. The largest absolute Gasteiger partial charge is 0.309 e. The first-order chi connectivity index (χ1) is 7.27. The van der Waals surface area contributed by atoms with Gasteiger partial charge in [-0.05, 0) is 31.6 Å². The highest BCUT2D eigenvalue weighted by molar-refractivity contribution is 6.31. The van der Waals surface area contributed by atoms with E-state index in [0.717, 1.165) is 31.1 Å². The van der Waals surface area contributed by atoms with Crippen molar-refractivity contribution in [1.82, 2.24) is 10.2 Å². The van der Waals surface area contributed by atoms with Gasteiger partial charge in [0.2, 0.25) is 0 Å². The summed E-state index contributed by atoms with van der Waals surface area (Å²) in [5.74, 6) is 0. The molecule has 0 aliphatic carbocycles. The lowest BCUT2D eigenvalue weighted by molar-refractivity contribution is 0.355. The van der Waals surface area contributed by atoms with Crippen LogP contribution < -0.4 is 5.32 Å². The molecular formula is C12H17ClN2. The second kappa shape index (κ2) is 4.97. The van der Waals surface area contributed by atoms with Crippen LogP contribution in [0, 0.1) is 0 Å². The first kappa shape index (κ1) is 10.9. The van der Waals surface area contributed by atoms with Gasteiger partial charge in [0.15, 0.2) is 0 Å². The van der Waals surface area contributed by atoms with Gasteiger partial charge in [-0.2, -0.15) is 0 Å². The van der Waals surface area contributed by atoms with Gasteiger partial charge >= 0.3 is 0 Å². The Kier molecular flexibility index (Phi) is 3.62. The Morgan fingerprint density at radius 1 is 1.33 bits per heavy atom. The monoisotopic (exact) mass is 224 g/mol. The van der Waals surface area contributed by atoms with Crippen LogP contribution in [0.3, 0.4) is 0 Å². The molecule has 0 aromatic heterocycles. The van der Waals surface area contributed by atoms with Crippen LogP contribution in [-0.4, -0.2) is 31.6 Å². The van der Waals surface area contributed by atoms with E-state index in [4.69, 9.17) is 11.6 Å². The molecule has 0 radical (unpaired) electrons. The molecule has 1 aromatic rings. The standard InChI is InChI=1S/C12H17ClN2/c1-15-8-6-12(14-7-9-15)10-4-2-3-5-11(10)13/h2-5,12,14H,6-9H2,1H3. The third-order valence-corrected chi connectivity index (χ3v) is 3.31. The Bertz CT molecular complexity index is 327. The number of benzene rings is 1. The molecule has 3 heteroatoms. The number of rotatable bonds is 1. The predicted molar refractivity (Wildman–Crippen MR) is 64.3 cm³/mol. The first-order valence-corrected chi connectivity index (χ1v) is 5.81. The lowest BCUT2D eigenvalue weighted by Crippen LogP contribution is -2.25. The van der Waals surface area contributed by atoms with Gasteiger partial charge in [0.1, 0.15) is 0 Å². The van der Waals surface area contributed by atoms with Gasteiger partial charge in [-0.15, -0.1) is 0 Å². The fourth-order valence-corrected chi connectivity index (χ4v) is 2.28. The number of hydrogen-bond donors (Lipinski definition) is 1. The first-order valence-electron chi connectivity index (χ1n) is 5.44. The van der Waals surface area contributed by atoms with E-state index in [1.807, 2.05) is 12.1 Å². The van der Waals surface area contributed by atoms with Gasteiger partial charge in [0.05, 0.1) is 0 Å². The summed E-state index contributed by atoms with van der Waals surface area (Å²) in [7, 11) is 2.16. The second-order valence-corrected chi connectivity index (χ2v) is 4.53. The molecule has 0 amide bonds. The lowest BCUT2D eigenvalue weighted by Gasteiger charge is -2.17. The molecule has 0 saturated carbocycles. The van der Waals surface area contributed by atoms with Crippen LogP contribution in [-0.2, 0) is 0 Å². The average molecular weight is 225 g/mol. The predicted octanol–water partition coefficient (Wildman–Crippen LogP) is 2.31. The lowest BCUT2D eigenvalue weighted by atomic mass is 10.0. The van der Waals surface area contributed by atoms with Crippen molar-refractivity contribution in [3.05, 3.63) is 34.9 Å². The highest BCUT2D eigenvalue weighted by atomic mass is 35.5. The van der Waals surface area contributed by atoms with Crippen LogP contribution in [0.1, 0.15) is 18.0 Å². The maximum atomic E-state index is 6.19. The van der Waals surface area contributed by atoms with E-state index in [1.54, 1.807) is 0 Å². The van der Waals surface area contributed by atoms with Crippen LogP contribution in [0.2, 0.25) is 5.02 Å². The molecule has 1 aromatic carbocycles. The van der Waals surface area contributed by atoms with Crippen molar-refractivity contribution < 1.29 is 0 Å². The number of hydrogen-bond acceptors (Lipinski definition) is 2. The molecule has 0 spiro atoms. The summed E-state index contributed by atoms with van der Waals surface area (Å²) in [5, 5.41) is 4.42. The van der Waals surface area contributed by atoms with Crippen LogP contribution in [0.5, 0.6) is 0 Å². The minimum atomic E-state index is 0.406. The summed E-state index contributed by atoms with van der Waals surface area (Å²) in [6.45, 7) is 3.27. The Balaban J connectivity index is 2.13. The summed E-state index contributed by atoms with van der Waals surface area (Å²) in [6, 6.07) is 8.52. The third-order valence-electron chi connectivity index (χ3n) is 2.96. The van der Waals surface area contributed by atoms with E-state index in [9.17, 15) is 0 Å². The molecule has 2 nitrogen and oxygen atoms in total. The molecule has 1 aliphatic rings. The van der Waals surface area contributed by atoms with Gasteiger partial charge in [0.25, 0.3) is 0 Å². The smallest absolute Gasteiger partial charge is 0.0453 e. The highest BCUT2D eigenvalue weighted by Crippen LogP contribution is 2.25. The zero-order chi connectivity index (χ0) is 10.7. The molecule has 1 saturated heterocycles. The van der Waals surface area contributed by atoms with Gasteiger partial charge < -0.3 is 10.2 Å². The Morgan fingerprint density at radius 2 is 2.13 bits per heavy atom. The van der Waals surface area contributed by atoms with E-state index < -0.39 is 0 Å². The van der Waals surface area contributed by atoms with E-state index in [-0.39, 0.29) is 0 Å². The fourth-order valence-electron chi connectivity index (χ4n) is 2.02. The van der Waals surface area contributed by atoms with Crippen molar-refractivity contribution in [3.8, 4) is 0 Å². The molecule has 2 rings (SSSR count). The van der Waals surface area contributed by atoms with Gasteiger partial charge in [-0.1, -0.05) is 29.8 Å². The molecule has 1 fully saturated rings. The van der Waals surface area contributed by atoms with Crippen LogP contribution in [0.15, 0.2) is 24.3 Å². The van der Waals surface area contributed by atoms with Gasteiger partial charge in [-0.3, -0.25) is 0 Å². The van der Waals surface area contributed by atoms with Gasteiger partial charge in [-0.25, -0.2) is 0 Å². The van der Waals surface area contributed by atoms with Crippen LogP contribution in [0.4, 0.5) is 0 Å². The second-order valence-electron chi connectivity index (χ2n) is 4.12. The molecular weight excluding hydrogens is 208 g/mol. The number of nitrogens with one attached hydrogen (secondary N) is 1. The molecule has 0 bridgehead atoms. The van der Waals surface area contributed by atoms with Crippen molar-refractivity contribution in [2.75, 3.05) is 26.7 Å². The minimum Gasteiger partial charge on any atom is -0.309 e. The van der Waals surface area contributed by atoms with Gasteiger partial charge in [0, 0.05) is 24.2 Å². The van der Waals surface area contributed by atoms with Crippen LogP contribution in [0.25, 0.3) is 0 Å². The number of halogens is 1. The molecule has 1 N–H and O–H groups in total. The van der Waals surface area contributed by atoms with Crippen molar-refractivity contribution in [2.24, 2.45) is 0 Å². The normalized spacial score (nSPS) is 23.7. The highest BCUT2D eigenvalue weighted by Gasteiger charge is 2.17. The average Bonchev–Trinajstić information content (AvgIpc) is 2.44. The maximum Gasteiger partial charge on any atom is 0.0453 e. The number of likely N-dealkylation sites (N-methyl/N-ethyl adjacent to an activating group) is 1. The SMILES string of the molecule is CN1CCNC(c2ccccc2Cl)CC1. The van der Waals surface area contributed by atoms with Crippen molar-refractivity contribution in [3.63, 3.8) is 0 Å². The zero-order valence-electron chi connectivity index (χ0n) is 9.04. The topological polar surface area (TPSA) is 15.3 Å². The van der Waals surface area contributed by atoms with E-state index in [1.165, 1.54) is 5.56 Å². The number of nitrogens with zero attached hydrogens (tertiary/aromatic N) is 1. The summed E-state index contributed by atoms with van der Waals surface area (Å²) in [6.07, 6.45) is 1.13. The Labute approximate surface area is 96.2 Å². The Hall–Kier alpha value is -0.570. The summed E-state index contributed by atoms with van der Waals surface area (Å²) in [5.41, 5.74) is 1.23. The zero-order valence-corrected chi connectivity index (χ0v) is 9.80. The molecule has 1 atom stereocenters. The van der Waals surface area contributed by atoms with Crippen LogP contribution >= 0.6 is 11.6 Å². The van der Waals surface area contributed by atoms with Crippen molar-refractivity contribution >= 4 is 11.6 Å². The minimum absolute atomic E-state index is 0.406. The molecule has 15 heavy (non-hydrogen) atoms. The van der Waals surface area contributed by atoms with Crippen molar-refractivity contribution in [2.45, 2.75) is 12.5 Å². The molecule has 82 valence electrons. The molecule has 1 heterocycles. The van der Waals surface area contributed by atoms with E-state index in [2.05, 4.69) is 29.4 Å². The summed E-state index contributed by atoms with van der Waals surface area (Å²) >= 11 is 6.19. The van der Waals surface area contributed by atoms with E-state index in [0.29, 0.717) is 6.04 Å². The summed E-state index contributed by atoms with van der Waals surface area (Å²) in [4.78, 5) is 2.35. The quantitative estimate of drug-likeness (QED) is 0.788. The van der Waals surface area contributed by atoms with E-state index >= 15 is 0 Å². The maximum absolute atomic E-state index is 6.19. The summed E-state index contributed by atoms with van der Waals surface area (Å²) < 4.78 is 0. The Morgan fingerprint density at radius 3 is 2.93 bits per heavy atom.